The first-order valence-electron chi connectivity index (χ1n) is 5.88. The maximum Gasteiger partial charge on any atom is 0.0959 e. The van der Waals surface area contributed by atoms with Crippen LogP contribution >= 0.6 is 11.3 Å². The Balaban J connectivity index is 1.99. The number of nitrogens with zero attached hydrogens (tertiary/aromatic N) is 1. The molecule has 1 unspecified atom stereocenters. The van der Waals surface area contributed by atoms with E-state index in [9.17, 15) is 5.11 Å². The number of hydrogen-bond acceptors (Lipinski definition) is 3. The van der Waals surface area contributed by atoms with Gasteiger partial charge in [0.25, 0.3) is 0 Å². The molecular weight excluding hydrogens is 206 g/mol. The van der Waals surface area contributed by atoms with E-state index in [2.05, 4.69) is 10.4 Å². The van der Waals surface area contributed by atoms with Crippen LogP contribution in [-0.2, 0) is 6.42 Å². The normalized spacial score (nSPS) is 20.4. The molecular formula is C12H19NOS. The second kappa shape index (κ2) is 5.08. The second-order valence-electron chi connectivity index (χ2n) is 4.57. The Hall–Kier alpha value is -0.410. The summed E-state index contributed by atoms with van der Waals surface area (Å²) in [7, 11) is 0. The second-order valence-corrected chi connectivity index (χ2v) is 5.45. The third-order valence-electron chi connectivity index (χ3n) is 3.03. The summed E-state index contributed by atoms with van der Waals surface area (Å²) in [6.45, 7) is 1.82. The molecule has 1 fully saturated rings. The van der Waals surface area contributed by atoms with Crippen LogP contribution in [0.15, 0.2) is 5.38 Å². The molecule has 84 valence electrons. The van der Waals surface area contributed by atoms with Gasteiger partial charge in [-0.25, -0.2) is 4.98 Å². The minimum Gasteiger partial charge on any atom is -0.393 e. The molecule has 0 spiro atoms. The maximum absolute atomic E-state index is 9.29. The lowest BCUT2D eigenvalue weighted by atomic mass is 9.90. The van der Waals surface area contributed by atoms with Crippen molar-refractivity contribution in [1.82, 2.24) is 4.98 Å². The molecule has 0 bridgehead atoms. The minimum atomic E-state index is -0.272. The van der Waals surface area contributed by atoms with Crippen molar-refractivity contribution in [3.63, 3.8) is 0 Å². The maximum atomic E-state index is 9.29. The molecule has 2 rings (SSSR count). The molecule has 0 radical (unpaired) electrons. The lowest BCUT2D eigenvalue weighted by Gasteiger charge is -2.18. The Labute approximate surface area is 95.4 Å². The van der Waals surface area contributed by atoms with Crippen LogP contribution in [0.25, 0.3) is 0 Å². The summed E-state index contributed by atoms with van der Waals surface area (Å²) in [4.78, 5) is 4.63. The van der Waals surface area contributed by atoms with E-state index in [4.69, 9.17) is 0 Å². The number of thiazole rings is 1. The Morgan fingerprint density at radius 2 is 2.20 bits per heavy atom. The van der Waals surface area contributed by atoms with Crippen molar-refractivity contribution in [3.8, 4) is 0 Å². The van der Waals surface area contributed by atoms with Gasteiger partial charge in [0.15, 0.2) is 0 Å². The third-order valence-corrected chi connectivity index (χ3v) is 4.08. The van der Waals surface area contributed by atoms with Crippen molar-refractivity contribution < 1.29 is 5.11 Å². The van der Waals surface area contributed by atoms with Crippen molar-refractivity contribution in [2.24, 2.45) is 0 Å². The van der Waals surface area contributed by atoms with Crippen LogP contribution in [-0.4, -0.2) is 16.2 Å². The van der Waals surface area contributed by atoms with Gasteiger partial charge < -0.3 is 5.11 Å². The molecule has 3 heteroatoms. The van der Waals surface area contributed by atoms with Gasteiger partial charge >= 0.3 is 0 Å². The summed E-state index contributed by atoms with van der Waals surface area (Å²) in [5.74, 6) is 0.700. The van der Waals surface area contributed by atoms with E-state index in [0.717, 1.165) is 5.69 Å². The lowest BCUT2D eigenvalue weighted by Crippen LogP contribution is -2.06. The van der Waals surface area contributed by atoms with E-state index in [1.54, 1.807) is 11.3 Å². The number of aromatic nitrogens is 1. The summed E-state index contributed by atoms with van der Waals surface area (Å²) in [6, 6.07) is 0. The van der Waals surface area contributed by atoms with Gasteiger partial charge in [0.1, 0.15) is 0 Å². The van der Waals surface area contributed by atoms with Crippen LogP contribution in [0.1, 0.15) is 55.6 Å². The van der Waals surface area contributed by atoms with Crippen molar-refractivity contribution in [3.05, 3.63) is 16.1 Å². The van der Waals surface area contributed by atoms with Crippen molar-refractivity contribution >= 4 is 11.3 Å². The van der Waals surface area contributed by atoms with Crippen LogP contribution in [0, 0.1) is 0 Å². The Morgan fingerprint density at radius 1 is 1.47 bits per heavy atom. The average Bonchev–Trinajstić information content (AvgIpc) is 2.67. The van der Waals surface area contributed by atoms with E-state index >= 15 is 0 Å². The largest absolute Gasteiger partial charge is 0.393 e. The third kappa shape index (κ3) is 3.02. The molecule has 0 saturated heterocycles. The van der Waals surface area contributed by atoms with E-state index in [-0.39, 0.29) is 6.10 Å². The zero-order valence-electron chi connectivity index (χ0n) is 9.28. The SMILES string of the molecule is CC(O)Cc1csc(C2CCCCC2)n1. The van der Waals surface area contributed by atoms with Gasteiger partial charge in [-0.1, -0.05) is 19.3 Å². The van der Waals surface area contributed by atoms with Gasteiger partial charge in [-0.3, -0.25) is 0 Å². The Bertz CT molecular complexity index is 302. The summed E-state index contributed by atoms with van der Waals surface area (Å²) in [5.41, 5.74) is 1.07. The highest BCUT2D eigenvalue weighted by molar-refractivity contribution is 7.09. The summed E-state index contributed by atoms with van der Waals surface area (Å²) >= 11 is 1.78. The van der Waals surface area contributed by atoms with E-state index in [1.165, 1.54) is 37.1 Å². The highest BCUT2D eigenvalue weighted by Crippen LogP contribution is 2.34. The van der Waals surface area contributed by atoms with Gasteiger partial charge in [0, 0.05) is 17.7 Å². The molecule has 0 aromatic carbocycles. The van der Waals surface area contributed by atoms with Crippen LogP contribution in [0.3, 0.4) is 0 Å². The zero-order chi connectivity index (χ0) is 10.7. The summed E-state index contributed by atoms with van der Waals surface area (Å²) < 4.78 is 0. The predicted molar refractivity (Wildman–Crippen MR) is 63.3 cm³/mol. The Morgan fingerprint density at radius 3 is 2.87 bits per heavy atom. The molecule has 1 heterocycles. The lowest BCUT2D eigenvalue weighted by molar-refractivity contribution is 0.194. The minimum absolute atomic E-state index is 0.272. The van der Waals surface area contributed by atoms with Crippen LogP contribution in [0.2, 0.25) is 0 Å². The molecule has 15 heavy (non-hydrogen) atoms. The first kappa shape index (κ1) is 11.1. The predicted octanol–water partition coefficient (Wildman–Crippen LogP) is 3.11. The molecule has 0 aliphatic heterocycles. The number of hydrogen-bond donors (Lipinski definition) is 1. The van der Waals surface area contributed by atoms with Gasteiger partial charge in [-0.2, -0.15) is 0 Å². The molecule has 1 aliphatic rings. The molecule has 1 aromatic rings. The van der Waals surface area contributed by atoms with E-state index in [0.29, 0.717) is 12.3 Å². The molecule has 1 N–H and O–H groups in total. The number of rotatable bonds is 3. The van der Waals surface area contributed by atoms with Crippen LogP contribution < -0.4 is 0 Å². The first-order valence-corrected chi connectivity index (χ1v) is 6.76. The molecule has 1 aromatic heterocycles. The molecule has 2 nitrogen and oxygen atoms in total. The smallest absolute Gasteiger partial charge is 0.0959 e. The van der Waals surface area contributed by atoms with Gasteiger partial charge in [0.05, 0.1) is 16.8 Å². The topological polar surface area (TPSA) is 33.1 Å². The van der Waals surface area contributed by atoms with Gasteiger partial charge in [0.2, 0.25) is 0 Å². The fraction of sp³-hybridized carbons (Fsp3) is 0.750. The Kier molecular flexibility index (Phi) is 3.76. The van der Waals surface area contributed by atoms with Crippen LogP contribution in [0.5, 0.6) is 0 Å². The quantitative estimate of drug-likeness (QED) is 0.857. The standard InChI is InChI=1S/C12H19NOS/c1-9(14)7-11-8-15-12(13-11)10-5-3-2-4-6-10/h8-10,14H,2-7H2,1H3. The van der Waals surface area contributed by atoms with Crippen LogP contribution in [0.4, 0.5) is 0 Å². The fourth-order valence-corrected chi connectivity index (χ4v) is 3.26. The van der Waals surface area contributed by atoms with Crippen molar-refractivity contribution in [2.75, 3.05) is 0 Å². The van der Waals surface area contributed by atoms with E-state index in [1.807, 2.05) is 6.92 Å². The number of aliphatic hydroxyl groups excluding tert-OH is 1. The zero-order valence-corrected chi connectivity index (χ0v) is 10.1. The highest BCUT2D eigenvalue weighted by Gasteiger charge is 2.18. The molecule has 0 amide bonds. The summed E-state index contributed by atoms with van der Waals surface area (Å²) in [5, 5.41) is 12.7. The monoisotopic (exact) mass is 225 g/mol. The highest BCUT2D eigenvalue weighted by atomic mass is 32.1. The van der Waals surface area contributed by atoms with Gasteiger partial charge in [-0.05, 0) is 19.8 Å². The van der Waals surface area contributed by atoms with Gasteiger partial charge in [-0.15, -0.1) is 11.3 Å². The fourth-order valence-electron chi connectivity index (χ4n) is 2.26. The average molecular weight is 225 g/mol. The number of aliphatic hydroxyl groups is 1. The van der Waals surface area contributed by atoms with E-state index < -0.39 is 0 Å². The molecule has 1 aliphatic carbocycles. The summed E-state index contributed by atoms with van der Waals surface area (Å²) in [6.07, 6.45) is 7.15. The first-order chi connectivity index (χ1) is 7.25. The van der Waals surface area contributed by atoms with Crippen molar-refractivity contribution in [2.45, 2.75) is 57.5 Å². The molecule has 1 atom stereocenters. The molecule has 1 saturated carbocycles. The van der Waals surface area contributed by atoms with Crippen molar-refractivity contribution in [1.29, 1.82) is 0 Å².